The Morgan fingerprint density at radius 1 is 0.542 bits per heavy atom. The van der Waals surface area contributed by atoms with Gasteiger partial charge in [0.1, 0.15) is 20.8 Å². The highest BCUT2D eigenvalue weighted by Gasteiger charge is 2.16. The van der Waals surface area contributed by atoms with Crippen LogP contribution in [0.5, 0.6) is 5.75 Å². The van der Waals surface area contributed by atoms with E-state index in [9.17, 15) is 9.90 Å². The smallest absolute Gasteiger partial charge is 0.303 e. The second-order valence-electron chi connectivity index (χ2n) is 13.6. The van der Waals surface area contributed by atoms with Crippen LogP contribution in [-0.4, -0.2) is 32.6 Å². The fourth-order valence-corrected chi connectivity index (χ4v) is 9.24. The first kappa shape index (κ1) is 37.8. The lowest BCUT2D eigenvalue weighted by Crippen LogP contribution is -2.11. The van der Waals surface area contributed by atoms with Crippen molar-refractivity contribution in [2.75, 3.05) is 11.5 Å². The maximum atomic E-state index is 11.3. The topological polar surface area (TPSA) is 88.4 Å². The van der Waals surface area contributed by atoms with Gasteiger partial charge < -0.3 is 14.7 Å². The first-order chi connectivity index (χ1) is 29.0. The number of fused-ring (bicyclic) bond motifs is 3. The molecule has 0 saturated heterocycles. The summed E-state index contributed by atoms with van der Waals surface area (Å²) >= 11 is 4.98. The molecule has 0 bridgehead atoms. The lowest BCUT2D eigenvalue weighted by molar-refractivity contribution is -0.137. The minimum absolute atomic E-state index is 0.0300. The molecule has 0 radical (unpaired) electrons. The Hall–Kier alpha value is -6.72. The zero-order valence-corrected chi connectivity index (χ0v) is 34.1. The molecule has 0 aliphatic carbocycles. The third kappa shape index (κ3) is 9.05. The van der Waals surface area contributed by atoms with Gasteiger partial charge in [-0.3, -0.25) is 4.79 Å². The molecular formula is C49H36N4O3S3. The predicted octanol–water partition coefficient (Wildman–Crippen LogP) is 13.7. The summed E-state index contributed by atoms with van der Waals surface area (Å²) in [6.07, 6.45) is 12.7. The van der Waals surface area contributed by atoms with Gasteiger partial charge in [-0.1, -0.05) is 72.8 Å². The number of hydrogen-bond acceptors (Lipinski definition) is 9. The van der Waals surface area contributed by atoms with Gasteiger partial charge in [0.25, 0.3) is 0 Å². The SMILES string of the molecule is O=C(O)CCCOc1cc(N(c2ccc(/C=C/c3nc4ccccc4s3)cc2)c2ccc(/C=C/c3nc4ccccc4s3)cc2)ccc1/C=C/c1nc2ccccc2s1. The third-order valence-electron chi connectivity index (χ3n) is 9.52. The molecule has 1 N–H and O–H groups in total. The maximum absolute atomic E-state index is 11.3. The van der Waals surface area contributed by atoms with Crippen molar-refractivity contribution >= 4 is 124 Å². The van der Waals surface area contributed by atoms with Crippen LogP contribution in [0.15, 0.2) is 140 Å². The van der Waals surface area contributed by atoms with Gasteiger partial charge in [0.05, 0.1) is 37.3 Å². The van der Waals surface area contributed by atoms with Crippen molar-refractivity contribution in [3.63, 3.8) is 0 Å². The van der Waals surface area contributed by atoms with E-state index in [0.29, 0.717) is 12.2 Å². The summed E-state index contributed by atoms with van der Waals surface area (Å²) in [6, 6.07) is 47.5. The average Bonchev–Trinajstić information content (AvgIpc) is 4.00. The molecule has 10 heteroatoms. The number of hydrogen-bond donors (Lipinski definition) is 1. The number of carbonyl (C=O) groups is 1. The van der Waals surface area contributed by atoms with Crippen LogP contribution >= 0.6 is 34.0 Å². The fourth-order valence-electron chi connectivity index (χ4n) is 6.63. The van der Waals surface area contributed by atoms with Gasteiger partial charge in [-0.25, -0.2) is 15.0 Å². The first-order valence-corrected chi connectivity index (χ1v) is 21.6. The van der Waals surface area contributed by atoms with E-state index >= 15 is 0 Å². The average molecular weight is 825 g/mol. The van der Waals surface area contributed by atoms with Crippen molar-refractivity contribution in [2.24, 2.45) is 0 Å². The van der Waals surface area contributed by atoms with Gasteiger partial charge >= 0.3 is 5.97 Å². The Bertz CT molecular complexity index is 2770. The van der Waals surface area contributed by atoms with Gasteiger partial charge in [-0.05, 0) is 115 Å². The summed E-state index contributed by atoms with van der Waals surface area (Å²) < 4.78 is 9.80. The van der Waals surface area contributed by atoms with E-state index in [2.05, 4.69) is 102 Å². The monoisotopic (exact) mass is 824 g/mol. The molecule has 0 unspecified atom stereocenters. The van der Waals surface area contributed by atoms with Crippen LogP contribution in [0.2, 0.25) is 0 Å². The molecule has 9 aromatic rings. The normalized spacial score (nSPS) is 11.9. The van der Waals surface area contributed by atoms with Crippen molar-refractivity contribution in [3.8, 4) is 5.75 Å². The molecule has 6 aromatic carbocycles. The lowest BCUT2D eigenvalue weighted by atomic mass is 10.1. The minimum Gasteiger partial charge on any atom is -0.493 e. The minimum atomic E-state index is -0.846. The van der Waals surface area contributed by atoms with Crippen LogP contribution in [0.1, 0.15) is 44.6 Å². The molecular weight excluding hydrogens is 789 g/mol. The van der Waals surface area contributed by atoms with Crippen LogP contribution < -0.4 is 9.64 Å². The summed E-state index contributed by atoms with van der Waals surface area (Å²) in [5, 5.41) is 12.1. The molecule has 0 amide bonds. The highest BCUT2D eigenvalue weighted by molar-refractivity contribution is 7.20. The van der Waals surface area contributed by atoms with Crippen LogP contribution in [0.25, 0.3) is 67.1 Å². The van der Waals surface area contributed by atoms with Crippen molar-refractivity contribution in [1.82, 2.24) is 15.0 Å². The van der Waals surface area contributed by atoms with Crippen LogP contribution in [0, 0.1) is 0 Å². The third-order valence-corrected chi connectivity index (χ3v) is 12.5. The molecule has 0 fully saturated rings. The number of thiazole rings is 3. The summed E-state index contributed by atoms with van der Waals surface area (Å²) in [4.78, 5) is 27.8. The van der Waals surface area contributed by atoms with E-state index in [1.54, 1.807) is 34.0 Å². The Kier molecular flexibility index (Phi) is 11.2. The number of rotatable bonds is 14. The van der Waals surface area contributed by atoms with Gasteiger partial charge in [-0.2, -0.15) is 0 Å². The predicted molar refractivity (Wildman–Crippen MR) is 249 cm³/mol. The number of ether oxygens (including phenoxy) is 1. The molecule has 59 heavy (non-hydrogen) atoms. The zero-order chi connectivity index (χ0) is 40.0. The van der Waals surface area contributed by atoms with E-state index in [1.165, 1.54) is 9.40 Å². The van der Waals surface area contributed by atoms with E-state index < -0.39 is 5.97 Å². The Balaban J connectivity index is 1.04. The molecule has 288 valence electrons. The summed E-state index contributed by atoms with van der Waals surface area (Å²) in [7, 11) is 0. The molecule has 3 aromatic heterocycles. The summed E-state index contributed by atoms with van der Waals surface area (Å²) in [5.74, 6) is -0.192. The Morgan fingerprint density at radius 3 is 1.44 bits per heavy atom. The van der Waals surface area contributed by atoms with Crippen LogP contribution in [0.4, 0.5) is 17.1 Å². The Morgan fingerprint density at radius 2 is 0.983 bits per heavy atom. The largest absolute Gasteiger partial charge is 0.493 e. The molecule has 0 atom stereocenters. The van der Waals surface area contributed by atoms with Crippen molar-refractivity contribution < 1.29 is 14.6 Å². The van der Waals surface area contributed by atoms with Gasteiger partial charge in [0.15, 0.2) is 0 Å². The van der Waals surface area contributed by atoms with Crippen molar-refractivity contribution in [1.29, 1.82) is 0 Å². The van der Waals surface area contributed by atoms with Crippen molar-refractivity contribution in [3.05, 3.63) is 171 Å². The van der Waals surface area contributed by atoms with E-state index in [4.69, 9.17) is 19.7 Å². The quantitative estimate of drug-likeness (QED) is 0.109. The van der Waals surface area contributed by atoms with Gasteiger partial charge in [0.2, 0.25) is 0 Å². The number of anilines is 3. The summed E-state index contributed by atoms with van der Waals surface area (Å²) in [5.41, 5.74) is 8.78. The number of nitrogens with zero attached hydrogens (tertiary/aromatic N) is 4. The molecule has 9 rings (SSSR count). The molecule has 0 aliphatic rings. The van der Waals surface area contributed by atoms with E-state index in [0.717, 1.165) is 70.0 Å². The lowest BCUT2D eigenvalue weighted by Gasteiger charge is -2.26. The number of aliphatic carboxylic acids is 1. The van der Waals surface area contributed by atoms with Gasteiger partial charge in [-0.15, -0.1) is 34.0 Å². The molecule has 7 nitrogen and oxygen atoms in total. The van der Waals surface area contributed by atoms with E-state index in [-0.39, 0.29) is 13.0 Å². The second kappa shape index (κ2) is 17.4. The number of carboxylic acid groups (broad SMARTS) is 1. The fraction of sp³-hybridized carbons (Fsp3) is 0.0612. The Labute approximate surface area is 353 Å². The number of benzene rings is 6. The van der Waals surface area contributed by atoms with Crippen LogP contribution in [-0.2, 0) is 4.79 Å². The highest BCUT2D eigenvalue weighted by Crippen LogP contribution is 2.39. The first-order valence-electron chi connectivity index (χ1n) is 19.1. The second-order valence-corrected chi connectivity index (χ2v) is 16.8. The molecule has 0 saturated carbocycles. The van der Waals surface area contributed by atoms with Gasteiger partial charge in [0, 0.05) is 35.1 Å². The molecule has 0 spiro atoms. The zero-order valence-electron chi connectivity index (χ0n) is 31.6. The maximum Gasteiger partial charge on any atom is 0.303 e. The van der Waals surface area contributed by atoms with Crippen molar-refractivity contribution in [2.45, 2.75) is 12.8 Å². The molecule has 3 heterocycles. The molecule has 0 aliphatic heterocycles. The van der Waals surface area contributed by atoms with E-state index in [1.807, 2.05) is 78.9 Å². The summed E-state index contributed by atoms with van der Waals surface area (Å²) in [6.45, 7) is 0.267. The standard InChI is InChI=1S/C49H36N4O3S3/c54-49(55)14-7-31-56-42-32-38(27-21-35(42)22-30-48-52-41-10-3-6-13-45(41)59-48)53(36-23-15-33(16-24-36)19-28-46-50-39-8-1-4-11-43(39)57-46)37-25-17-34(18-26-37)20-29-47-51-40-9-2-5-12-44(40)58-47/h1-6,8-13,15-30,32H,7,14,31H2,(H,54,55)/b28-19+,29-20+,30-22+. The van der Waals surface area contributed by atoms with Crippen LogP contribution in [0.3, 0.4) is 0 Å². The number of para-hydroxylation sites is 3. The number of carboxylic acids is 1. The number of aromatic nitrogens is 3. The highest BCUT2D eigenvalue weighted by atomic mass is 32.1.